The zero-order valence-corrected chi connectivity index (χ0v) is 26.4. The topological polar surface area (TPSA) is 220 Å². The fraction of sp³-hybridized carbons (Fsp3) is 0.767. The Bertz CT molecular complexity index is 1520. The van der Waals surface area contributed by atoms with Crippen molar-refractivity contribution in [2.75, 3.05) is 13.2 Å². The monoisotopic (exact) mass is 704 g/mol. The van der Waals surface area contributed by atoms with Crippen molar-refractivity contribution in [1.29, 1.82) is 0 Å². The first kappa shape index (κ1) is 34.3. The van der Waals surface area contributed by atoms with Crippen LogP contribution in [-0.4, -0.2) is 90.2 Å². The zero-order chi connectivity index (χ0) is 34.8. The van der Waals surface area contributed by atoms with Crippen molar-refractivity contribution in [2.24, 2.45) is 35.5 Å². The second-order valence-electron chi connectivity index (χ2n) is 14.2. The minimum atomic E-state index is -6.36. The summed E-state index contributed by atoms with van der Waals surface area (Å²) >= 11 is 0. The maximum Gasteiger partial charge on any atom is 0.465 e. The molecule has 0 spiro atoms. The number of hydrogen-bond donors (Lipinski definition) is 1. The van der Waals surface area contributed by atoms with E-state index in [4.69, 9.17) is 23.5 Å². The van der Waals surface area contributed by atoms with Gasteiger partial charge in [0.15, 0.2) is 13.2 Å². The van der Waals surface area contributed by atoms with Crippen molar-refractivity contribution in [2.45, 2.75) is 93.2 Å². The second kappa shape index (κ2) is 12.1. The van der Waals surface area contributed by atoms with Gasteiger partial charge in [0.1, 0.15) is 22.8 Å². The van der Waals surface area contributed by atoms with Crippen molar-refractivity contribution < 1.29 is 79.0 Å². The molecule has 8 aliphatic carbocycles. The first-order valence-electron chi connectivity index (χ1n) is 15.8. The highest BCUT2D eigenvalue weighted by molar-refractivity contribution is 7.87. The summed E-state index contributed by atoms with van der Waals surface area (Å²) in [7, 11) is -6.36. The third-order valence-electron chi connectivity index (χ3n) is 10.6. The Balaban J connectivity index is 1.04. The summed E-state index contributed by atoms with van der Waals surface area (Å²) in [5.41, 5.74) is -1.83. The number of rotatable bonds is 12. The Morgan fingerprint density at radius 2 is 1.15 bits per heavy atom. The summed E-state index contributed by atoms with van der Waals surface area (Å²) in [5.74, 6) is -8.46. The van der Waals surface area contributed by atoms with Crippen molar-refractivity contribution >= 4 is 51.5 Å². The summed E-state index contributed by atoms with van der Waals surface area (Å²) in [5, 5.41) is -5.55. The van der Waals surface area contributed by atoms with Crippen molar-refractivity contribution in [3.8, 4) is 0 Å². The van der Waals surface area contributed by atoms with E-state index in [-0.39, 0.29) is 47.1 Å². The molecule has 0 aliphatic heterocycles. The van der Waals surface area contributed by atoms with Gasteiger partial charge in [0, 0.05) is 23.7 Å². The Labute approximate surface area is 272 Å². The number of halogens is 2. The molecule has 264 valence electrons. The number of ether oxygens (including phenoxy) is 5. The van der Waals surface area contributed by atoms with Gasteiger partial charge in [-0.3, -0.25) is 18.9 Å². The molecular formula is C30H34F2O15S. The van der Waals surface area contributed by atoms with Crippen LogP contribution in [0.5, 0.6) is 0 Å². The van der Waals surface area contributed by atoms with Gasteiger partial charge in [-0.25, -0.2) is 19.2 Å². The molecule has 5 atom stereocenters. The SMILES string of the molecule is O=C(CC(OC(=O)C(F)(F)S(=O)(=O)O)C(=O)OCC(=O)OC12CC3CC(C1)C(=O)C(C3)C2)OCC(=O)OC12CC3CC(C1)C(=O)C(C3)C2. The average molecular weight is 705 g/mol. The van der Waals surface area contributed by atoms with Gasteiger partial charge in [-0.2, -0.15) is 17.2 Å². The van der Waals surface area contributed by atoms with E-state index in [1.54, 1.807) is 0 Å². The molecule has 0 saturated heterocycles. The molecule has 48 heavy (non-hydrogen) atoms. The third kappa shape index (κ3) is 6.56. The van der Waals surface area contributed by atoms with E-state index in [2.05, 4.69) is 4.74 Å². The molecule has 8 bridgehead atoms. The summed E-state index contributed by atoms with van der Waals surface area (Å²) in [6.45, 7) is -2.11. The number of carbonyl (C=O) groups excluding carboxylic acids is 7. The first-order valence-corrected chi connectivity index (χ1v) is 17.2. The van der Waals surface area contributed by atoms with E-state index in [0.29, 0.717) is 51.4 Å². The van der Waals surface area contributed by atoms with E-state index in [1.165, 1.54) is 0 Å². The highest BCUT2D eigenvalue weighted by Gasteiger charge is 2.59. The average Bonchev–Trinajstić information content (AvgIpc) is 2.98. The number of carbonyl (C=O) groups is 7. The molecule has 8 aliphatic rings. The standard InChI is InChI=1S/C30H34F2O15S/c31-30(32,48(40,41)42)27(39)45-20(26(38)44-13-23(35)47-29-7-15-3-18(10-29)25(37)19(4-15)11-29)5-21(33)43-12-22(34)46-28-6-14-1-16(8-28)24(36)17(2-14)9-28/h14-20H,1-13H2,(H,40,41,42). The second-order valence-corrected chi connectivity index (χ2v) is 15.6. The van der Waals surface area contributed by atoms with Gasteiger partial charge in [0.2, 0.25) is 6.10 Å². The summed E-state index contributed by atoms with van der Waals surface area (Å²) in [6.07, 6.45) is 1.21. The number of ketones is 2. The van der Waals surface area contributed by atoms with E-state index in [1.807, 2.05) is 0 Å². The molecule has 8 fully saturated rings. The molecule has 8 saturated carbocycles. The molecule has 5 unspecified atom stereocenters. The van der Waals surface area contributed by atoms with Crippen LogP contribution in [-0.2, 0) is 67.4 Å². The van der Waals surface area contributed by atoms with E-state index in [9.17, 15) is 50.8 Å². The van der Waals surface area contributed by atoms with Crippen LogP contribution in [0.15, 0.2) is 0 Å². The number of alkyl halides is 2. The van der Waals surface area contributed by atoms with Crippen molar-refractivity contribution in [1.82, 2.24) is 0 Å². The maximum atomic E-state index is 13.9. The molecule has 18 heteroatoms. The third-order valence-corrected chi connectivity index (χ3v) is 11.5. The summed E-state index contributed by atoms with van der Waals surface area (Å²) in [4.78, 5) is 87.2. The van der Waals surface area contributed by atoms with Crippen LogP contribution in [0.3, 0.4) is 0 Å². The number of Topliss-reactive ketones (excluding diaryl/α,β-unsaturated/α-hetero) is 2. The number of hydrogen-bond acceptors (Lipinski definition) is 14. The van der Waals surface area contributed by atoms with Gasteiger partial charge in [-0.15, -0.1) is 0 Å². The predicted molar refractivity (Wildman–Crippen MR) is 148 cm³/mol. The predicted octanol–water partition coefficient (Wildman–Crippen LogP) is 1.24. The van der Waals surface area contributed by atoms with Crippen LogP contribution in [0.4, 0.5) is 8.78 Å². The van der Waals surface area contributed by atoms with Crippen LogP contribution >= 0.6 is 0 Å². The molecule has 0 radical (unpaired) electrons. The van der Waals surface area contributed by atoms with E-state index >= 15 is 0 Å². The Morgan fingerprint density at radius 1 is 0.729 bits per heavy atom. The first-order chi connectivity index (χ1) is 22.4. The molecule has 0 aromatic carbocycles. The van der Waals surface area contributed by atoms with Crippen LogP contribution in [0, 0.1) is 35.5 Å². The Kier molecular flexibility index (Phi) is 8.66. The van der Waals surface area contributed by atoms with Crippen molar-refractivity contribution in [3.63, 3.8) is 0 Å². The van der Waals surface area contributed by atoms with Gasteiger partial charge in [-0.1, -0.05) is 0 Å². The van der Waals surface area contributed by atoms with E-state index < -0.39 is 82.2 Å². The molecule has 0 aromatic heterocycles. The molecule has 1 N–H and O–H groups in total. The minimum absolute atomic E-state index is 0.125. The minimum Gasteiger partial charge on any atom is -0.456 e. The van der Waals surface area contributed by atoms with Crippen molar-refractivity contribution in [3.05, 3.63) is 0 Å². The zero-order valence-electron chi connectivity index (χ0n) is 25.6. The quantitative estimate of drug-likeness (QED) is 0.172. The van der Waals surface area contributed by atoms with Gasteiger partial charge in [0.05, 0.1) is 6.42 Å². The van der Waals surface area contributed by atoms with Gasteiger partial charge in [0.25, 0.3) is 0 Å². The lowest BCUT2D eigenvalue weighted by molar-refractivity contribution is -0.197. The molecule has 15 nitrogen and oxygen atoms in total. The number of esters is 5. The fourth-order valence-electron chi connectivity index (χ4n) is 9.19. The lowest BCUT2D eigenvalue weighted by Crippen LogP contribution is -2.57. The molecule has 0 aromatic rings. The summed E-state index contributed by atoms with van der Waals surface area (Å²) < 4.78 is 83.5. The van der Waals surface area contributed by atoms with Gasteiger partial charge < -0.3 is 23.7 Å². The molecular weight excluding hydrogens is 670 g/mol. The van der Waals surface area contributed by atoms with Gasteiger partial charge in [-0.05, 0) is 76.0 Å². The van der Waals surface area contributed by atoms with Crippen LogP contribution in [0.25, 0.3) is 0 Å². The largest absolute Gasteiger partial charge is 0.465 e. The Hall–Kier alpha value is -3.54. The van der Waals surface area contributed by atoms with Crippen LogP contribution < -0.4 is 0 Å². The normalized spacial score (nSPS) is 35.1. The lowest BCUT2D eigenvalue weighted by atomic mass is 9.53. The lowest BCUT2D eigenvalue weighted by Gasteiger charge is -2.54. The molecule has 8 rings (SSSR count). The van der Waals surface area contributed by atoms with Gasteiger partial charge >= 0.3 is 45.2 Å². The Morgan fingerprint density at radius 3 is 1.56 bits per heavy atom. The fourth-order valence-corrected chi connectivity index (χ4v) is 9.45. The highest BCUT2D eigenvalue weighted by Crippen LogP contribution is 2.56. The van der Waals surface area contributed by atoms with E-state index in [0.717, 1.165) is 12.8 Å². The molecule has 0 heterocycles. The summed E-state index contributed by atoms with van der Waals surface area (Å²) in [6, 6.07) is 0. The molecule has 0 amide bonds. The van der Waals surface area contributed by atoms with Crippen LogP contribution in [0.2, 0.25) is 0 Å². The smallest absolute Gasteiger partial charge is 0.456 e. The highest BCUT2D eigenvalue weighted by atomic mass is 32.2. The maximum absolute atomic E-state index is 13.9. The van der Waals surface area contributed by atoms with Crippen LogP contribution in [0.1, 0.15) is 70.6 Å².